The summed E-state index contributed by atoms with van der Waals surface area (Å²) in [6, 6.07) is 0.343. The molecule has 0 fully saturated rings. The summed E-state index contributed by atoms with van der Waals surface area (Å²) in [6.45, 7) is 9.45. The van der Waals surface area contributed by atoms with Crippen molar-refractivity contribution in [3.05, 3.63) is 0 Å². The van der Waals surface area contributed by atoms with Gasteiger partial charge in [-0.1, -0.05) is 20.8 Å². The van der Waals surface area contributed by atoms with E-state index in [2.05, 4.69) is 43.3 Å². The van der Waals surface area contributed by atoms with Crippen LogP contribution in [0.3, 0.4) is 0 Å². The van der Waals surface area contributed by atoms with Crippen LogP contribution in [0.25, 0.3) is 0 Å². The quantitative estimate of drug-likeness (QED) is 0.280. The maximum Gasteiger partial charge on any atom is 0.191 e. The normalized spacial score (nSPS) is 14.3. The highest BCUT2D eigenvalue weighted by atomic mass is 127. The number of nitrogens with one attached hydrogen (secondary N) is 2. The number of hydrogen-bond acceptors (Lipinski definition) is 3. The number of sulfone groups is 1. The van der Waals surface area contributed by atoms with Gasteiger partial charge < -0.3 is 10.6 Å². The Labute approximate surface area is 147 Å². The van der Waals surface area contributed by atoms with E-state index in [1.165, 1.54) is 6.26 Å². The Bertz CT molecular complexity index is 403. The summed E-state index contributed by atoms with van der Waals surface area (Å²) in [4.78, 5) is 4.15. The van der Waals surface area contributed by atoms with E-state index in [1.54, 1.807) is 7.05 Å². The summed E-state index contributed by atoms with van der Waals surface area (Å²) in [5, 5.41) is 6.47. The molecule has 128 valence electrons. The van der Waals surface area contributed by atoms with Crippen LogP contribution in [0.1, 0.15) is 47.0 Å². The van der Waals surface area contributed by atoms with Crippen LogP contribution in [0, 0.1) is 5.41 Å². The molecule has 0 saturated heterocycles. The topological polar surface area (TPSA) is 70.6 Å². The second-order valence-electron chi connectivity index (χ2n) is 6.63. The Morgan fingerprint density at radius 1 is 1.29 bits per heavy atom. The SMILES string of the molecule is CN=C(NCCCS(C)(=O)=O)NC(C)CCC(C)(C)C.I. The molecule has 0 rings (SSSR count). The van der Waals surface area contributed by atoms with Gasteiger partial charge in [0.25, 0.3) is 0 Å². The van der Waals surface area contributed by atoms with Crippen molar-refractivity contribution in [3.63, 3.8) is 0 Å². The first-order valence-electron chi connectivity index (χ1n) is 7.18. The lowest BCUT2D eigenvalue weighted by Crippen LogP contribution is -2.43. The van der Waals surface area contributed by atoms with E-state index >= 15 is 0 Å². The molecule has 0 aromatic rings. The Balaban J connectivity index is 0. The number of nitrogens with zero attached hydrogens (tertiary/aromatic N) is 1. The molecule has 0 aromatic carbocycles. The number of halogens is 1. The molecule has 0 aliphatic carbocycles. The van der Waals surface area contributed by atoms with E-state index in [4.69, 9.17) is 0 Å². The second kappa shape index (κ2) is 10.6. The van der Waals surface area contributed by atoms with Crippen molar-refractivity contribution < 1.29 is 8.42 Å². The smallest absolute Gasteiger partial charge is 0.191 e. The lowest BCUT2D eigenvalue weighted by molar-refractivity contribution is 0.346. The highest BCUT2D eigenvalue weighted by Gasteiger charge is 2.13. The van der Waals surface area contributed by atoms with E-state index < -0.39 is 9.84 Å². The van der Waals surface area contributed by atoms with Crippen molar-refractivity contribution in [3.8, 4) is 0 Å². The molecule has 0 amide bonds. The molecule has 0 heterocycles. The number of guanidine groups is 1. The van der Waals surface area contributed by atoms with Gasteiger partial charge in [-0.05, 0) is 31.6 Å². The molecule has 1 unspecified atom stereocenters. The first-order valence-corrected chi connectivity index (χ1v) is 9.24. The van der Waals surface area contributed by atoms with Gasteiger partial charge in [-0.3, -0.25) is 4.99 Å². The van der Waals surface area contributed by atoms with Gasteiger partial charge in [-0.2, -0.15) is 0 Å². The number of hydrogen-bond donors (Lipinski definition) is 2. The third-order valence-electron chi connectivity index (χ3n) is 2.92. The molecule has 5 nitrogen and oxygen atoms in total. The fourth-order valence-corrected chi connectivity index (χ4v) is 2.36. The molecule has 2 N–H and O–H groups in total. The Kier molecular flexibility index (Phi) is 11.8. The molecule has 1 atom stereocenters. The van der Waals surface area contributed by atoms with Crippen LogP contribution in [0.2, 0.25) is 0 Å². The van der Waals surface area contributed by atoms with Crippen LogP contribution in [-0.2, 0) is 9.84 Å². The highest BCUT2D eigenvalue weighted by molar-refractivity contribution is 14.0. The molecule has 0 saturated carbocycles. The molecule has 7 heteroatoms. The van der Waals surface area contributed by atoms with Crippen LogP contribution in [0.15, 0.2) is 4.99 Å². The largest absolute Gasteiger partial charge is 0.356 e. The van der Waals surface area contributed by atoms with Gasteiger partial charge in [-0.25, -0.2) is 8.42 Å². The lowest BCUT2D eigenvalue weighted by atomic mass is 9.89. The molecule has 21 heavy (non-hydrogen) atoms. The van der Waals surface area contributed by atoms with Gasteiger partial charge in [0.2, 0.25) is 0 Å². The van der Waals surface area contributed by atoms with E-state index in [0.29, 0.717) is 24.4 Å². The van der Waals surface area contributed by atoms with Crippen LogP contribution < -0.4 is 10.6 Å². The third kappa shape index (κ3) is 16.2. The van der Waals surface area contributed by atoms with E-state index in [-0.39, 0.29) is 29.7 Å². The Hall–Kier alpha value is -0.0500. The number of aliphatic imine (C=N–C) groups is 1. The third-order valence-corrected chi connectivity index (χ3v) is 3.95. The molecule has 0 aliphatic heterocycles. The predicted octanol–water partition coefficient (Wildman–Crippen LogP) is 2.42. The van der Waals surface area contributed by atoms with E-state index in [0.717, 1.165) is 18.8 Å². The minimum atomic E-state index is -2.88. The van der Waals surface area contributed by atoms with Crippen LogP contribution in [-0.4, -0.2) is 46.0 Å². The number of rotatable bonds is 7. The van der Waals surface area contributed by atoms with Crippen molar-refractivity contribution in [2.45, 2.75) is 53.0 Å². The maximum atomic E-state index is 11.0. The minimum absolute atomic E-state index is 0. The van der Waals surface area contributed by atoms with Crippen LogP contribution >= 0.6 is 24.0 Å². The zero-order valence-electron chi connectivity index (χ0n) is 14.2. The maximum absolute atomic E-state index is 11.0. The molecule has 0 bridgehead atoms. The van der Waals surface area contributed by atoms with Crippen molar-refractivity contribution in [2.75, 3.05) is 25.6 Å². The van der Waals surface area contributed by atoms with Crippen molar-refractivity contribution in [1.82, 2.24) is 10.6 Å². The Morgan fingerprint density at radius 3 is 2.29 bits per heavy atom. The predicted molar refractivity (Wildman–Crippen MR) is 102 cm³/mol. The molecule has 0 radical (unpaired) electrons. The van der Waals surface area contributed by atoms with E-state index in [1.807, 2.05) is 0 Å². The summed E-state index contributed by atoms with van der Waals surface area (Å²) in [6.07, 6.45) is 4.07. The van der Waals surface area contributed by atoms with Crippen molar-refractivity contribution >= 4 is 39.8 Å². The first kappa shape index (κ1) is 23.2. The monoisotopic (exact) mass is 433 g/mol. The average Bonchev–Trinajstić information content (AvgIpc) is 2.28. The van der Waals surface area contributed by atoms with Crippen LogP contribution in [0.4, 0.5) is 0 Å². The second-order valence-corrected chi connectivity index (χ2v) is 8.89. The van der Waals surface area contributed by atoms with E-state index in [9.17, 15) is 8.42 Å². The summed E-state index contributed by atoms with van der Waals surface area (Å²) >= 11 is 0. The van der Waals surface area contributed by atoms with Gasteiger partial charge in [0.15, 0.2) is 5.96 Å². The van der Waals surface area contributed by atoms with Gasteiger partial charge >= 0.3 is 0 Å². The van der Waals surface area contributed by atoms with Gasteiger partial charge in [0.1, 0.15) is 9.84 Å². The fourth-order valence-electron chi connectivity index (χ4n) is 1.69. The molecular weight excluding hydrogens is 401 g/mol. The molecular formula is C14H32IN3O2S. The summed E-state index contributed by atoms with van der Waals surface area (Å²) < 4.78 is 22.1. The fraction of sp³-hybridized carbons (Fsp3) is 0.929. The summed E-state index contributed by atoms with van der Waals surface area (Å²) in [5.41, 5.74) is 0.336. The molecule has 0 aromatic heterocycles. The minimum Gasteiger partial charge on any atom is -0.356 e. The van der Waals surface area contributed by atoms with Crippen molar-refractivity contribution in [1.29, 1.82) is 0 Å². The zero-order valence-corrected chi connectivity index (χ0v) is 17.3. The Morgan fingerprint density at radius 2 is 1.86 bits per heavy atom. The average molecular weight is 433 g/mol. The van der Waals surface area contributed by atoms with Gasteiger partial charge in [0.05, 0.1) is 5.75 Å². The van der Waals surface area contributed by atoms with Crippen molar-refractivity contribution in [2.24, 2.45) is 10.4 Å². The standard InChI is InChI=1S/C14H31N3O2S.HI/c1-12(8-9-14(2,3)4)17-13(15-5)16-10-7-11-20(6,18)19;/h12H,7-11H2,1-6H3,(H2,15,16,17);1H. The van der Waals surface area contributed by atoms with Gasteiger partial charge in [-0.15, -0.1) is 24.0 Å². The molecule has 0 aliphatic rings. The summed E-state index contributed by atoms with van der Waals surface area (Å²) in [7, 11) is -1.15. The highest BCUT2D eigenvalue weighted by Crippen LogP contribution is 2.21. The zero-order chi connectivity index (χ0) is 15.8. The van der Waals surface area contributed by atoms with Crippen LogP contribution in [0.5, 0.6) is 0 Å². The van der Waals surface area contributed by atoms with Gasteiger partial charge in [0, 0.05) is 25.9 Å². The first-order chi connectivity index (χ1) is 9.03. The summed E-state index contributed by atoms with van der Waals surface area (Å²) in [5.74, 6) is 0.941. The lowest BCUT2D eigenvalue weighted by Gasteiger charge is -2.23. The molecule has 0 spiro atoms.